The highest BCUT2D eigenvalue weighted by Crippen LogP contribution is 2.45. The van der Waals surface area contributed by atoms with Crippen LogP contribution in [0.3, 0.4) is 0 Å². The molecule has 1 aliphatic carbocycles. The van der Waals surface area contributed by atoms with E-state index in [2.05, 4.69) is 11.1 Å². The molecule has 2 aromatic rings. The highest BCUT2D eigenvalue weighted by atomic mass is 35.5. The van der Waals surface area contributed by atoms with Gasteiger partial charge in [-0.05, 0) is 25.0 Å². The van der Waals surface area contributed by atoms with Gasteiger partial charge in [0.05, 0.1) is 15.7 Å². The van der Waals surface area contributed by atoms with Gasteiger partial charge in [-0.25, -0.2) is 4.98 Å². The van der Waals surface area contributed by atoms with E-state index in [9.17, 15) is 0 Å². The molecule has 1 aromatic heterocycles. The molecule has 1 fully saturated rings. The number of aromatic nitrogens is 1. The van der Waals surface area contributed by atoms with Crippen molar-refractivity contribution in [1.29, 1.82) is 5.26 Å². The third-order valence-electron chi connectivity index (χ3n) is 2.90. The van der Waals surface area contributed by atoms with Gasteiger partial charge in [0.2, 0.25) is 0 Å². The summed E-state index contributed by atoms with van der Waals surface area (Å²) in [6.45, 7) is 0. The number of halogens is 2. The molecule has 90 valence electrons. The smallest absolute Gasteiger partial charge is 0.128 e. The van der Waals surface area contributed by atoms with Crippen LogP contribution in [0, 0.1) is 11.3 Å². The van der Waals surface area contributed by atoms with E-state index in [4.69, 9.17) is 28.5 Å². The molecule has 0 spiro atoms. The summed E-state index contributed by atoms with van der Waals surface area (Å²) in [5.41, 5.74) is 1.64. The lowest BCUT2D eigenvalue weighted by atomic mass is 10.2. The van der Waals surface area contributed by atoms with Crippen LogP contribution in [0.5, 0.6) is 0 Å². The lowest BCUT2D eigenvalue weighted by Gasteiger charge is -2.02. The maximum atomic E-state index is 9.15. The average Bonchev–Trinajstić information content (AvgIpc) is 3.10. The van der Waals surface area contributed by atoms with Crippen molar-refractivity contribution < 1.29 is 0 Å². The Bertz CT molecular complexity index is 633. The second-order valence-electron chi connectivity index (χ2n) is 4.22. The molecule has 1 heterocycles. The van der Waals surface area contributed by atoms with Gasteiger partial charge in [-0.2, -0.15) is 5.26 Å². The minimum Gasteiger partial charge on any atom is -0.239 e. The normalized spacial score (nSPS) is 14.5. The second-order valence-corrected chi connectivity index (χ2v) is 6.03. The highest BCUT2D eigenvalue weighted by molar-refractivity contribution is 7.15. The van der Waals surface area contributed by atoms with Crippen LogP contribution in [-0.4, -0.2) is 4.98 Å². The van der Waals surface area contributed by atoms with E-state index < -0.39 is 0 Å². The largest absolute Gasteiger partial charge is 0.239 e. The van der Waals surface area contributed by atoms with E-state index >= 15 is 0 Å². The maximum Gasteiger partial charge on any atom is 0.128 e. The van der Waals surface area contributed by atoms with Crippen LogP contribution in [0.15, 0.2) is 18.2 Å². The number of nitrogens with zero attached hydrogens (tertiary/aromatic N) is 2. The first-order valence-corrected chi connectivity index (χ1v) is 7.13. The van der Waals surface area contributed by atoms with Crippen LogP contribution in [0.25, 0.3) is 10.6 Å². The molecule has 0 atom stereocenters. The Morgan fingerprint density at radius 1 is 1.28 bits per heavy atom. The fraction of sp³-hybridized carbons (Fsp3) is 0.231. The zero-order valence-electron chi connectivity index (χ0n) is 9.28. The second kappa shape index (κ2) is 4.55. The molecule has 0 N–H and O–H groups in total. The number of rotatable bonds is 2. The van der Waals surface area contributed by atoms with Crippen molar-refractivity contribution in [1.82, 2.24) is 4.98 Å². The number of hydrogen-bond acceptors (Lipinski definition) is 3. The zero-order valence-corrected chi connectivity index (χ0v) is 11.6. The number of nitriles is 1. The summed E-state index contributed by atoms with van der Waals surface area (Å²) in [6, 6.07) is 7.59. The van der Waals surface area contributed by atoms with Gasteiger partial charge in [-0.1, -0.05) is 29.3 Å². The standard InChI is InChI=1S/C13H8Cl2N2S/c14-8-2-1-3-9(15)11(8)13-17-12(7-4-5-7)10(6-16)18-13/h1-3,7H,4-5H2. The first-order valence-electron chi connectivity index (χ1n) is 5.56. The molecule has 0 saturated heterocycles. The van der Waals surface area contributed by atoms with Crippen LogP contribution in [0.1, 0.15) is 29.3 Å². The van der Waals surface area contributed by atoms with Gasteiger partial charge in [0.25, 0.3) is 0 Å². The lowest BCUT2D eigenvalue weighted by molar-refractivity contribution is 1.04. The Morgan fingerprint density at radius 2 is 1.94 bits per heavy atom. The zero-order chi connectivity index (χ0) is 12.7. The van der Waals surface area contributed by atoms with Crippen LogP contribution in [0.2, 0.25) is 10.0 Å². The highest BCUT2D eigenvalue weighted by Gasteiger charge is 2.30. The van der Waals surface area contributed by atoms with E-state index in [1.807, 2.05) is 0 Å². The van der Waals surface area contributed by atoms with Crippen LogP contribution in [-0.2, 0) is 0 Å². The average molecular weight is 295 g/mol. The Labute approximate surface area is 119 Å². The van der Waals surface area contributed by atoms with E-state index in [-0.39, 0.29) is 0 Å². The summed E-state index contributed by atoms with van der Waals surface area (Å²) < 4.78 is 0. The minimum absolute atomic E-state index is 0.450. The van der Waals surface area contributed by atoms with Crippen molar-refractivity contribution >= 4 is 34.5 Å². The van der Waals surface area contributed by atoms with E-state index in [0.717, 1.165) is 29.1 Å². The maximum absolute atomic E-state index is 9.15. The number of hydrogen-bond donors (Lipinski definition) is 0. The van der Waals surface area contributed by atoms with Crippen molar-refractivity contribution in [3.05, 3.63) is 38.8 Å². The molecule has 2 nitrogen and oxygen atoms in total. The predicted octanol–water partition coefficient (Wildman–Crippen LogP) is 4.87. The lowest BCUT2D eigenvalue weighted by Crippen LogP contribution is -1.84. The SMILES string of the molecule is N#Cc1sc(-c2c(Cl)cccc2Cl)nc1C1CC1. The molecular formula is C13H8Cl2N2S. The first kappa shape index (κ1) is 12.0. The predicted molar refractivity (Wildman–Crippen MR) is 74.3 cm³/mol. The summed E-state index contributed by atoms with van der Waals surface area (Å²) in [7, 11) is 0. The fourth-order valence-corrected chi connectivity index (χ4v) is 3.56. The monoisotopic (exact) mass is 294 g/mol. The topological polar surface area (TPSA) is 36.7 Å². The molecule has 3 rings (SSSR count). The Kier molecular flexibility index (Phi) is 3.03. The van der Waals surface area contributed by atoms with Gasteiger partial charge in [0.1, 0.15) is 16.0 Å². The van der Waals surface area contributed by atoms with Crippen LogP contribution < -0.4 is 0 Å². The molecule has 0 unspecified atom stereocenters. The van der Waals surface area contributed by atoms with Crippen molar-refractivity contribution in [2.75, 3.05) is 0 Å². The van der Waals surface area contributed by atoms with Gasteiger partial charge >= 0.3 is 0 Å². The molecule has 0 aliphatic heterocycles. The van der Waals surface area contributed by atoms with Crippen molar-refractivity contribution in [3.8, 4) is 16.6 Å². The Morgan fingerprint density at radius 3 is 2.50 bits per heavy atom. The quantitative estimate of drug-likeness (QED) is 0.792. The van der Waals surface area contributed by atoms with Gasteiger partial charge in [-0.3, -0.25) is 0 Å². The van der Waals surface area contributed by atoms with E-state index in [1.165, 1.54) is 11.3 Å². The Balaban J connectivity index is 2.15. The summed E-state index contributed by atoms with van der Waals surface area (Å²) in [6.07, 6.45) is 2.24. The molecule has 1 aliphatic rings. The molecule has 1 aromatic carbocycles. The van der Waals surface area contributed by atoms with Crippen molar-refractivity contribution in [2.24, 2.45) is 0 Å². The van der Waals surface area contributed by atoms with Crippen molar-refractivity contribution in [2.45, 2.75) is 18.8 Å². The Hall–Kier alpha value is -1.08. The summed E-state index contributed by atoms with van der Waals surface area (Å²) in [4.78, 5) is 5.25. The third kappa shape index (κ3) is 2.01. The third-order valence-corrected chi connectivity index (χ3v) is 4.52. The summed E-state index contributed by atoms with van der Waals surface area (Å²) >= 11 is 13.7. The molecule has 0 radical (unpaired) electrons. The summed E-state index contributed by atoms with van der Waals surface area (Å²) in [5, 5.41) is 11.0. The first-order chi connectivity index (χ1) is 8.70. The minimum atomic E-state index is 0.450. The van der Waals surface area contributed by atoms with Crippen molar-refractivity contribution in [3.63, 3.8) is 0 Å². The molecule has 18 heavy (non-hydrogen) atoms. The van der Waals surface area contributed by atoms with Gasteiger partial charge in [-0.15, -0.1) is 11.3 Å². The van der Waals surface area contributed by atoms with E-state index in [0.29, 0.717) is 20.8 Å². The molecule has 0 bridgehead atoms. The number of thiazole rings is 1. The van der Waals surface area contributed by atoms with Crippen LogP contribution in [0.4, 0.5) is 0 Å². The molecule has 1 saturated carbocycles. The molecule has 0 amide bonds. The summed E-state index contributed by atoms with van der Waals surface area (Å²) in [5.74, 6) is 0.450. The van der Waals surface area contributed by atoms with Gasteiger partial charge in [0, 0.05) is 11.5 Å². The van der Waals surface area contributed by atoms with Crippen LogP contribution >= 0.6 is 34.5 Å². The van der Waals surface area contributed by atoms with E-state index in [1.54, 1.807) is 18.2 Å². The van der Waals surface area contributed by atoms with Gasteiger partial charge in [0.15, 0.2) is 0 Å². The number of benzene rings is 1. The molecular weight excluding hydrogens is 287 g/mol. The molecule has 5 heteroatoms. The van der Waals surface area contributed by atoms with Gasteiger partial charge < -0.3 is 0 Å². The fourth-order valence-electron chi connectivity index (χ4n) is 1.85.